The molecule has 0 fully saturated rings. The zero-order valence-corrected chi connectivity index (χ0v) is 19.0. The number of benzene rings is 3. The van der Waals surface area contributed by atoms with Crippen LogP contribution in [0.4, 0.5) is 11.5 Å². The molecule has 166 valence electrons. The Morgan fingerprint density at radius 3 is 2.58 bits per heavy atom. The number of hydrogen-bond acceptors (Lipinski definition) is 6. The fourth-order valence-corrected chi connectivity index (χ4v) is 3.55. The van der Waals surface area contributed by atoms with Gasteiger partial charge in [0, 0.05) is 35.7 Å². The van der Waals surface area contributed by atoms with Crippen molar-refractivity contribution in [3.63, 3.8) is 0 Å². The molecule has 7 heteroatoms. The van der Waals surface area contributed by atoms with Gasteiger partial charge >= 0.3 is 0 Å². The van der Waals surface area contributed by atoms with Crippen molar-refractivity contribution in [2.24, 2.45) is 0 Å². The number of amides is 1. The number of rotatable bonds is 9. The van der Waals surface area contributed by atoms with Crippen LogP contribution < -0.4 is 14.8 Å². The maximum absolute atomic E-state index is 12.8. The maximum Gasteiger partial charge on any atom is 0.255 e. The Morgan fingerprint density at radius 2 is 1.79 bits per heavy atom. The quantitative estimate of drug-likeness (QED) is 0.314. The van der Waals surface area contributed by atoms with Crippen molar-refractivity contribution in [2.45, 2.75) is 6.42 Å². The summed E-state index contributed by atoms with van der Waals surface area (Å²) in [7, 11) is 0. The smallest absolute Gasteiger partial charge is 0.255 e. The summed E-state index contributed by atoms with van der Waals surface area (Å²) >= 11 is 1.46. The van der Waals surface area contributed by atoms with E-state index in [2.05, 4.69) is 32.1 Å². The molecule has 0 aliphatic heterocycles. The third-order valence-electron chi connectivity index (χ3n) is 4.86. The summed E-state index contributed by atoms with van der Waals surface area (Å²) in [6.07, 6.45) is 4.46. The van der Waals surface area contributed by atoms with Crippen LogP contribution in [0.25, 0.3) is 11.4 Å². The van der Waals surface area contributed by atoms with Crippen molar-refractivity contribution in [3.8, 4) is 17.1 Å². The summed E-state index contributed by atoms with van der Waals surface area (Å²) in [6.45, 7) is 0.595. The zero-order valence-electron chi connectivity index (χ0n) is 18.2. The fraction of sp³-hybridized carbons (Fsp3) is 0.115. The van der Waals surface area contributed by atoms with Crippen LogP contribution in [0.15, 0.2) is 91.1 Å². The van der Waals surface area contributed by atoms with Gasteiger partial charge in [0.05, 0.1) is 6.61 Å². The van der Waals surface area contributed by atoms with E-state index in [4.69, 9.17) is 4.74 Å². The molecule has 0 spiro atoms. The van der Waals surface area contributed by atoms with Gasteiger partial charge in [0.1, 0.15) is 11.6 Å². The molecule has 4 rings (SSSR count). The molecule has 33 heavy (non-hydrogen) atoms. The average molecular weight is 457 g/mol. The van der Waals surface area contributed by atoms with Crippen LogP contribution >= 0.6 is 11.9 Å². The molecule has 1 aromatic heterocycles. The number of aromatic nitrogens is 2. The summed E-state index contributed by atoms with van der Waals surface area (Å²) in [6, 6.07) is 26.7. The standard InChI is InChI=1S/C26H24N4O2S/c1-33-30-24-14-16-27-25(29-24)20-8-5-9-21(18-20)26(31)28-22-10-12-23(13-11-22)32-17-15-19-6-3-2-4-7-19/h2-14,16,18H,15,17H2,1H3,(H,28,31)(H,27,29,30). The van der Waals surface area contributed by atoms with Gasteiger partial charge in [-0.05, 0) is 48.0 Å². The summed E-state index contributed by atoms with van der Waals surface area (Å²) in [5, 5.41) is 2.93. The Labute approximate surface area is 197 Å². The highest BCUT2D eigenvalue weighted by Gasteiger charge is 2.10. The van der Waals surface area contributed by atoms with Gasteiger partial charge in [0.2, 0.25) is 0 Å². The number of ether oxygens (including phenoxy) is 1. The highest BCUT2D eigenvalue weighted by atomic mass is 32.2. The molecule has 1 amide bonds. The van der Waals surface area contributed by atoms with E-state index in [1.54, 1.807) is 24.4 Å². The normalized spacial score (nSPS) is 10.5. The van der Waals surface area contributed by atoms with Crippen molar-refractivity contribution in [1.82, 2.24) is 9.97 Å². The minimum absolute atomic E-state index is 0.201. The Bertz CT molecular complexity index is 1200. The van der Waals surface area contributed by atoms with Gasteiger partial charge in [-0.25, -0.2) is 9.97 Å². The lowest BCUT2D eigenvalue weighted by atomic mass is 10.1. The molecule has 2 N–H and O–H groups in total. The molecule has 0 aliphatic rings. The second kappa shape index (κ2) is 11.2. The summed E-state index contributed by atoms with van der Waals surface area (Å²) in [5.41, 5.74) is 3.24. The Morgan fingerprint density at radius 1 is 0.970 bits per heavy atom. The number of nitrogens with zero attached hydrogens (tertiary/aromatic N) is 2. The predicted octanol–water partition coefficient (Wildman–Crippen LogP) is 5.71. The van der Waals surface area contributed by atoms with E-state index in [-0.39, 0.29) is 5.91 Å². The van der Waals surface area contributed by atoms with Crippen LogP contribution in [0.5, 0.6) is 5.75 Å². The van der Waals surface area contributed by atoms with Gasteiger partial charge in [-0.15, -0.1) is 0 Å². The molecule has 4 aromatic rings. The third kappa shape index (κ3) is 6.33. The van der Waals surface area contributed by atoms with Crippen LogP contribution in [0.2, 0.25) is 0 Å². The zero-order chi connectivity index (χ0) is 22.9. The topological polar surface area (TPSA) is 76.1 Å². The van der Waals surface area contributed by atoms with Crippen LogP contribution in [-0.2, 0) is 6.42 Å². The molecule has 0 saturated carbocycles. The van der Waals surface area contributed by atoms with E-state index in [1.807, 2.05) is 60.9 Å². The van der Waals surface area contributed by atoms with Crippen molar-refractivity contribution in [3.05, 3.63) is 102 Å². The van der Waals surface area contributed by atoms with Crippen molar-refractivity contribution in [2.75, 3.05) is 22.9 Å². The van der Waals surface area contributed by atoms with Gasteiger partial charge in [-0.2, -0.15) is 0 Å². The second-order valence-corrected chi connectivity index (χ2v) is 7.83. The Kier molecular flexibility index (Phi) is 7.56. The number of anilines is 2. The molecule has 3 aromatic carbocycles. The molecule has 6 nitrogen and oxygen atoms in total. The first kappa shape index (κ1) is 22.4. The molecule has 0 unspecified atom stereocenters. The summed E-state index contributed by atoms with van der Waals surface area (Å²) < 4.78 is 8.90. The van der Waals surface area contributed by atoms with Gasteiger partial charge < -0.3 is 14.8 Å². The first-order chi connectivity index (χ1) is 16.2. The van der Waals surface area contributed by atoms with Crippen LogP contribution in [0, 0.1) is 0 Å². The van der Waals surface area contributed by atoms with Crippen LogP contribution in [0.3, 0.4) is 0 Å². The molecule has 0 atom stereocenters. The van der Waals surface area contributed by atoms with Gasteiger partial charge in [0.25, 0.3) is 5.91 Å². The fourth-order valence-electron chi connectivity index (χ4n) is 3.23. The first-order valence-corrected chi connectivity index (χ1v) is 11.7. The van der Waals surface area contributed by atoms with E-state index < -0.39 is 0 Å². The monoisotopic (exact) mass is 456 g/mol. The molecule has 0 bridgehead atoms. The average Bonchev–Trinajstić information content (AvgIpc) is 2.86. The van der Waals surface area contributed by atoms with E-state index in [9.17, 15) is 4.79 Å². The van der Waals surface area contributed by atoms with E-state index in [0.717, 1.165) is 17.7 Å². The minimum Gasteiger partial charge on any atom is -0.493 e. The molecular formula is C26H24N4O2S. The SMILES string of the molecule is CSNc1ccnc(-c2cccc(C(=O)Nc3ccc(OCCc4ccccc4)cc3)c2)n1. The lowest BCUT2D eigenvalue weighted by molar-refractivity contribution is 0.102. The molecule has 0 saturated heterocycles. The van der Waals surface area contributed by atoms with Crippen molar-refractivity contribution >= 4 is 29.4 Å². The molecule has 0 aliphatic carbocycles. The molecule has 0 radical (unpaired) electrons. The molecular weight excluding hydrogens is 432 g/mol. The van der Waals surface area contributed by atoms with Crippen molar-refractivity contribution < 1.29 is 9.53 Å². The number of nitrogens with one attached hydrogen (secondary N) is 2. The van der Waals surface area contributed by atoms with E-state index >= 15 is 0 Å². The summed E-state index contributed by atoms with van der Waals surface area (Å²) in [4.78, 5) is 21.6. The first-order valence-electron chi connectivity index (χ1n) is 10.5. The number of carbonyl (C=O) groups is 1. The second-order valence-electron chi connectivity index (χ2n) is 7.22. The van der Waals surface area contributed by atoms with Crippen molar-refractivity contribution in [1.29, 1.82) is 0 Å². The lowest BCUT2D eigenvalue weighted by Gasteiger charge is -2.09. The third-order valence-corrected chi connectivity index (χ3v) is 5.27. The maximum atomic E-state index is 12.8. The number of carbonyl (C=O) groups excluding carboxylic acids is 1. The highest BCUT2D eigenvalue weighted by Crippen LogP contribution is 2.21. The van der Waals surface area contributed by atoms with Gasteiger partial charge in [-0.1, -0.05) is 54.4 Å². The summed E-state index contributed by atoms with van der Waals surface area (Å²) in [5.74, 6) is 1.84. The lowest BCUT2D eigenvalue weighted by Crippen LogP contribution is -2.12. The van der Waals surface area contributed by atoms with Gasteiger partial charge in [-0.3, -0.25) is 4.79 Å². The number of hydrogen-bond donors (Lipinski definition) is 2. The highest BCUT2D eigenvalue weighted by molar-refractivity contribution is 7.99. The Hall–Kier alpha value is -3.84. The van der Waals surface area contributed by atoms with Gasteiger partial charge in [0.15, 0.2) is 5.82 Å². The van der Waals surface area contributed by atoms with Crippen LogP contribution in [-0.4, -0.2) is 28.7 Å². The minimum atomic E-state index is -0.201. The Balaban J connectivity index is 1.36. The predicted molar refractivity (Wildman–Crippen MR) is 135 cm³/mol. The largest absolute Gasteiger partial charge is 0.493 e. The van der Waals surface area contributed by atoms with E-state index in [0.29, 0.717) is 29.5 Å². The van der Waals surface area contributed by atoms with E-state index in [1.165, 1.54) is 17.5 Å². The van der Waals surface area contributed by atoms with Crippen LogP contribution in [0.1, 0.15) is 15.9 Å². The molecule has 1 heterocycles.